The first-order chi connectivity index (χ1) is 11.9. The van der Waals surface area contributed by atoms with E-state index in [1.165, 1.54) is 12.8 Å². The summed E-state index contributed by atoms with van der Waals surface area (Å²) in [5.74, 6) is 0. The van der Waals surface area contributed by atoms with Gasteiger partial charge < -0.3 is 0 Å². The molecule has 0 saturated carbocycles. The quantitative estimate of drug-likeness (QED) is 0.349. The summed E-state index contributed by atoms with van der Waals surface area (Å²) in [6, 6.07) is 0. The van der Waals surface area contributed by atoms with Crippen molar-refractivity contribution in [3.05, 3.63) is 41.5 Å². The summed E-state index contributed by atoms with van der Waals surface area (Å²) in [7, 11) is -5.08. The number of rotatable bonds is 6. The third-order valence-corrected chi connectivity index (χ3v) is 17.5. The Morgan fingerprint density at radius 2 is 0.815 bits per heavy atom. The van der Waals surface area contributed by atoms with Gasteiger partial charge in [0.2, 0.25) is 0 Å². The predicted octanol–water partition coefficient (Wildman–Crippen LogP) is 7.75. The van der Waals surface area contributed by atoms with Crippen LogP contribution in [0.25, 0.3) is 0 Å². The van der Waals surface area contributed by atoms with Crippen LogP contribution in [-0.4, -0.2) is 32.3 Å². The van der Waals surface area contributed by atoms with Crippen molar-refractivity contribution in [3.63, 3.8) is 0 Å². The standard InChI is InChI=1S/2C11H21Si2.V/c2*1-12(2,3)10-8-7-9-11(10)13(4,5)6;/h2*7H,8H2,1-6H3;. The molecule has 0 N–H and O–H groups in total. The fourth-order valence-electron chi connectivity index (χ4n) is 4.48. The zero-order valence-electron chi connectivity index (χ0n) is 20.0. The molecule has 2 aliphatic carbocycles. The molecule has 2 aliphatic rings. The second-order valence-corrected chi connectivity index (χ2v) is 34.5. The second-order valence-electron chi connectivity index (χ2n) is 12.4. The van der Waals surface area contributed by atoms with Crippen LogP contribution in [0, 0.1) is 0 Å². The SMILES string of the molecule is C[Si](C)(C)C1=C([Si](C)(C)C)[C]([V][C]2=CCC([Si](C)(C)C)=C2[Si](C)(C)C)=CC1. The van der Waals surface area contributed by atoms with Gasteiger partial charge >= 0.3 is 182 Å². The van der Waals surface area contributed by atoms with Crippen LogP contribution < -0.4 is 0 Å². The van der Waals surface area contributed by atoms with Crippen molar-refractivity contribution in [2.45, 2.75) is 91.4 Å². The molecular formula is C22H42Si4V. The van der Waals surface area contributed by atoms with E-state index >= 15 is 0 Å². The van der Waals surface area contributed by atoms with E-state index in [4.69, 9.17) is 0 Å². The van der Waals surface area contributed by atoms with Gasteiger partial charge in [-0.25, -0.2) is 0 Å². The van der Waals surface area contributed by atoms with E-state index in [1.54, 1.807) is 0 Å². The van der Waals surface area contributed by atoms with Gasteiger partial charge in [0, 0.05) is 0 Å². The fraction of sp³-hybridized carbons (Fsp3) is 0.636. The minimum atomic E-state index is -1.31. The first-order valence-electron chi connectivity index (χ1n) is 10.5. The maximum atomic E-state index is 2.66. The molecule has 0 heterocycles. The molecule has 0 radical (unpaired) electrons. The van der Waals surface area contributed by atoms with Crippen molar-refractivity contribution in [3.8, 4) is 0 Å². The molecule has 0 spiro atoms. The molecule has 151 valence electrons. The van der Waals surface area contributed by atoms with E-state index in [0.29, 0.717) is 0 Å². The summed E-state index contributed by atoms with van der Waals surface area (Å²) in [4.78, 5) is 0. The van der Waals surface area contributed by atoms with Crippen molar-refractivity contribution >= 4 is 32.3 Å². The Labute approximate surface area is 180 Å². The number of hydrogen-bond donors (Lipinski definition) is 0. The molecular weight excluding hydrogens is 428 g/mol. The van der Waals surface area contributed by atoms with Crippen LogP contribution in [0.5, 0.6) is 0 Å². The van der Waals surface area contributed by atoms with Crippen LogP contribution in [0.4, 0.5) is 0 Å². The van der Waals surface area contributed by atoms with E-state index in [0.717, 1.165) is 0 Å². The van der Waals surface area contributed by atoms with Crippen LogP contribution in [0.1, 0.15) is 12.8 Å². The monoisotopic (exact) mass is 469 g/mol. The zero-order valence-corrected chi connectivity index (χ0v) is 25.4. The molecule has 0 unspecified atom stereocenters. The van der Waals surface area contributed by atoms with Crippen LogP contribution in [0.2, 0.25) is 78.6 Å². The normalized spacial score (nSPS) is 19.7. The Morgan fingerprint density at radius 3 is 1.04 bits per heavy atom. The van der Waals surface area contributed by atoms with Gasteiger partial charge in [0.1, 0.15) is 0 Å². The molecule has 0 aromatic heterocycles. The first-order valence-corrected chi connectivity index (χ1v) is 25.9. The average molecular weight is 470 g/mol. The topological polar surface area (TPSA) is 0 Å². The molecule has 2 rings (SSSR count). The van der Waals surface area contributed by atoms with Crippen molar-refractivity contribution in [1.29, 1.82) is 0 Å². The van der Waals surface area contributed by atoms with Crippen molar-refractivity contribution in [2.75, 3.05) is 0 Å². The Balaban J connectivity index is 2.48. The van der Waals surface area contributed by atoms with Gasteiger partial charge in [-0.2, -0.15) is 0 Å². The van der Waals surface area contributed by atoms with Crippen LogP contribution in [0.15, 0.2) is 41.5 Å². The Kier molecular flexibility index (Phi) is 6.66. The second kappa shape index (κ2) is 7.59. The Bertz CT molecular complexity index is 675. The Hall–Kier alpha value is 0.412. The molecule has 0 fully saturated rings. The molecule has 0 aromatic rings. The third-order valence-electron chi connectivity index (χ3n) is 5.67. The van der Waals surface area contributed by atoms with E-state index in [-0.39, 0.29) is 16.3 Å². The van der Waals surface area contributed by atoms with E-state index in [2.05, 4.69) is 90.7 Å². The predicted molar refractivity (Wildman–Crippen MR) is 133 cm³/mol. The van der Waals surface area contributed by atoms with Gasteiger partial charge in [0.25, 0.3) is 0 Å². The number of hydrogen-bond acceptors (Lipinski definition) is 0. The van der Waals surface area contributed by atoms with Gasteiger partial charge in [-0.05, 0) is 0 Å². The fourth-order valence-corrected chi connectivity index (χ4v) is 21.6. The summed E-state index contributed by atoms with van der Waals surface area (Å²) in [5.41, 5.74) is 0. The van der Waals surface area contributed by atoms with Crippen molar-refractivity contribution in [1.82, 2.24) is 0 Å². The molecule has 0 bridgehead atoms. The molecule has 0 atom stereocenters. The maximum absolute atomic E-state index is 2.66. The van der Waals surface area contributed by atoms with E-state index in [1.807, 2.05) is 29.4 Å². The minimum absolute atomic E-state index is 0.157. The summed E-state index contributed by atoms with van der Waals surface area (Å²) in [5, 5.41) is 7.54. The molecule has 5 heteroatoms. The van der Waals surface area contributed by atoms with Crippen LogP contribution >= 0.6 is 0 Å². The summed E-state index contributed by atoms with van der Waals surface area (Å²) in [6.07, 6.45) is 7.85. The molecule has 0 aliphatic heterocycles. The molecule has 0 nitrogen and oxygen atoms in total. The van der Waals surface area contributed by atoms with Crippen molar-refractivity contribution in [2.24, 2.45) is 0 Å². The molecule has 0 aromatic carbocycles. The molecule has 0 saturated heterocycles. The van der Waals surface area contributed by atoms with Crippen LogP contribution in [-0.2, 0) is 16.3 Å². The van der Waals surface area contributed by atoms with Gasteiger partial charge in [-0.1, -0.05) is 0 Å². The third kappa shape index (κ3) is 5.32. The van der Waals surface area contributed by atoms with E-state index < -0.39 is 32.3 Å². The van der Waals surface area contributed by atoms with Gasteiger partial charge in [0.15, 0.2) is 0 Å². The summed E-state index contributed by atoms with van der Waals surface area (Å²) >= 11 is 0.157. The Morgan fingerprint density at radius 1 is 0.519 bits per heavy atom. The average Bonchev–Trinajstić information content (AvgIpc) is 3.00. The van der Waals surface area contributed by atoms with Gasteiger partial charge in [0.05, 0.1) is 0 Å². The molecule has 27 heavy (non-hydrogen) atoms. The number of allylic oxidation sites excluding steroid dienone is 8. The summed E-state index contributed by atoms with van der Waals surface area (Å²) < 4.78 is 3.61. The zero-order chi connectivity index (χ0) is 21.0. The van der Waals surface area contributed by atoms with Gasteiger partial charge in [-0.15, -0.1) is 0 Å². The van der Waals surface area contributed by atoms with Crippen molar-refractivity contribution < 1.29 is 16.3 Å². The molecule has 0 amide bonds. The van der Waals surface area contributed by atoms with Crippen LogP contribution in [0.3, 0.4) is 0 Å². The van der Waals surface area contributed by atoms with E-state index in [9.17, 15) is 0 Å². The van der Waals surface area contributed by atoms with Gasteiger partial charge in [-0.3, -0.25) is 0 Å². The first kappa shape index (κ1) is 23.7. The summed E-state index contributed by atoms with van der Waals surface area (Å²) in [6.45, 7) is 30.8.